The zero-order chi connectivity index (χ0) is 14.4. The highest BCUT2D eigenvalue weighted by Gasteiger charge is 2.26. The van der Waals surface area contributed by atoms with Gasteiger partial charge in [-0.05, 0) is 9.91 Å². The molecule has 10 nitrogen and oxygen atoms in total. The van der Waals surface area contributed by atoms with Gasteiger partial charge in [0.25, 0.3) is 0 Å². The lowest BCUT2D eigenvalue weighted by Gasteiger charge is -2.03. The molecule has 0 aliphatic rings. The number of hydrogen-bond donors (Lipinski definition) is 2. The molecule has 0 aliphatic heterocycles. The Bertz CT molecular complexity index is 838. The van der Waals surface area contributed by atoms with Gasteiger partial charge in [0.15, 0.2) is 11.3 Å². The number of aryl methyl sites for hydroxylation is 1. The van der Waals surface area contributed by atoms with Crippen LogP contribution in [-0.4, -0.2) is 33.4 Å². The molecule has 3 aromatic heterocycles. The van der Waals surface area contributed by atoms with Gasteiger partial charge in [-0.1, -0.05) is 12.8 Å². The molecule has 3 rings (SSSR count). The first kappa shape index (κ1) is 12.3. The summed E-state index contributed by atoms with van der Waals surface area (Å²) in [5.74, 6) is -0.348. The molecule has 3 aromatic rings. The van der Waals surface area contributed by atoms with Crippen LogP contribution in [0, 0.1) is 10.1 Å². The molecule has 11 heteroatoms. The molecule has 0 fully saturated rings. The molecule has 3 heterocycles. The number of aromatic nitrogens is 6. The van der Waals surface area contributed by atoms with Crippen molar-refractivity contribution in [2.75, 3.05) is 5.73 Å². The molecule has 0 saturated carbocycles. The number of nitrogens with zero attached hydrogens (tertiary/aromatic N) is 7. The van der Waals surface area contributed by atoms with E-state index in [2.05, 4.69) is 32.8 Å². The average Bonchev–Trinajstić information content (AvgIpc) is 2.93. The Morgan fingerprint density at radius 3 is 2.80 bits per heavy atom. The van der Waals surface area contributed by atoms with Crippen molar-refractivity contribution in [3.63, 3.8) is 0 Å². The van der Waals surface area contributed by atoms with Crippen LogP contribution in [0.5, 0.6) is 0 Å². The minimum atomic E-state index is -0.586. The number of nitro groups is 1. The Morgan fingerprint density at radius 2 is 2.10 bits per heavy atom. The molecule has 0 radical (unpaired) electrons. The fourth-order valence-corrected chi connectivity index (χ4v) is 2.09. The quantitative estimate of drug-likeness (QED) is 0.397. The molecule has 2 N–H and O–H groups in total. The van der Waals surface area contributed by atoms with Gasteiger partial charge in [-0.15, -0.1) is 0 Å². The Morgan fingerprint density at radius 1 is 1.35 bits per heavy atom. The summed E-state index contributed by atoms with van der Waals surface area (Å²) < 4.78 is 2.84. The van der Waals surface area contributed by atoms with Crippen molar-refractivity contribution < 1.29 is 4.92 Å². The topological polar surface area (TPSA) is 131 Å². The molecule has 0 atom stereocenters. The average molecular weight is 292 g/mol. The number of fused-ring (bicyclic) bond motifs is 1. The Balaban J connectivity index is 2.41. The Labute approximate surface area is 117 Å². The van der Waals surface area contributed by atoms with Crippen LogP contribution < -0.4 is 5.73 Å². The molecule has 20 heavy (non-hydrogen) atoms. The number of imidazole rings is 2. The first-order valence-corrected chi connectivity index (χ1v) is 5.75. The van der Waals surface area contributed by atoms with Crippen LogP contribution in [-0.2, 0) is 7.05 Å². The zero-order valence-corrected chi connectivity index (χ0v) is 11.0. The van der Waals surface area contributed by atoms with Crippen molar-refractivity contribution in [1.29, 1.82) is 0 Å². The Hall–Kier alpha value is -2.69. The van der Waals surface area contributed by atoms with Crippen LogP contribution >= 0.6 is 12.8 Å². The first-order valence-electron chi connectivity index (χ1n) is 5.35. The minimum absolute atomic E-state index is 0.0289. The molecule has 0 aromatic carbocycles. The molecular weight excluding hydrogens is 284 g/mol. The third kappa shape index (κ3) is 1.67. The van der Waals surface area contributed by atoms with Crippen molar-refractivity contribution in [3.05, 3.63) is 22.8 Å². The predicted octanol–water partition coefficient (Wildman–Crippen LogP) is 0.410. The van der Waals surface area contributed by atoms with Crippen LogP contribution in [0.3, 0.4) is 0 Å². The molecule has 0 saturated heterocycles. The first-order chi connectivity index (χ1) is 9.49. The summed E-state index contributed by atoms with van der Waals surface area (Å²) in [6, 6.07) is 0. The van der Waals surface area contributed by atoms with E-state index in [0.29, 0.717) is 11.2 Å². The lowest BCUT2D eigenvalue weighted by atomic mass is 10.2. The van der Waals surface area contributed by atoms with Gasteiger partial charge >= 0.3 is 5.82 Å². The summed E-state index contributed by atoms with van der Waals surface area (Å²) in [7, 11) is 1.62. The van der Waals surface area contributed by atoms with Gasteiger partial charge in [0, 0.05) is 7.05 Å². The van der Waals surface area contributed by atoms with E-state index in [1.807, 2.05) is 0 Å². The maximum Gasteiger partial charge on any atom is 0.391 e. The molecule has 0 amide bonds. The molecule has 0 aliphatic carbocycles. The maximum absolute atomic E-state index is 11.0. The number of thiol groups is 1. The van der Waals surface area contributed by atoms with Crippen LogP contribution in [0.1, 0.15) is 0 Å². The number of nitrogen functional groups attached to an aromatic ring is 1. The van der Waals surface area contributed by atoms with Gasteiger partial charge in [0.2, 0.25) is 12.3 Å². The van der Waals surface area contributed by atoms with Gasteiger partial charge in [-0.2, -0.15) is 4.98 Å². The van der Waals surface area contributed by atoms with E-state index in [1.165, 1.54) is 21.2 Å². The standard InChI is InChI=1S/C9H8N8O2S/c1-15-2-12-8(17(18)19)6(15)4-5-7(14-9(10)13-4)16(20)3-11-5/h2-3,20H,1H3,(H2,10,13,14). The van der Waals surface area contributed by atoms with Crippen LogP contribution in [0.25, 0.3) is 22.6 Å². The minimum Gasteiger partial charge on any atom is -0.368 e. The highest BCUT2D eigenvalue weighted by atomic mass is 32.1. The maximum atomic E-state index is 11.0. The summed E-state index contributed by atoms with van der Waals surface area (Å²) in [6.07, 6.45) is 2.74. The fourth-order valence-electron chi connectivity index (χ4n) is 1.90. The van der Waals surface area contributed by atoms with Crippen LogP contribution in [0.15, 0.2) is 12.7 Å². The van der Waals surface area contributed by atoms with Crippen molar-refractivity contribution in [1.82, 2.24) is 28.5 Å². The second kappa shape index (κ2) is 4.16. The van der Waals surface area contributed by atoms with E-state index in [0.717, 1.165) is 0 Å². The molecule has 0 bridgehead atoms. The third-order valence-electron chi connectivity index (χ3n) is 2.71. The van der Waals surface area contributed by atoms with Gasteiger partial charge in [0.1, 0.15) is 17.5 Å². The van der Waals surface area contributed by atoms with Crippen LogP contribution in [0.4, 0.5) is 11.8 Å². The molecule has 0 unspecified atom stereocenters. The van der Waals surface area contributed by atoms with E-state index in [9.17, 15) is 10.1 Å². The molecular formula is C9H8N8O2S. The summed E-state index contributed by atoms with van der Waals surface area (Å²) in [6.45, 7) is 0. The SMILES string of the molecule is Cn1cnc([N+](=O)[O-])c1-c1nc(N)nc2c1ncn2S. The van der Waals surface area contributed by atoms with E-state index in [1.54, 1.807) is 7.05 Å². The summed E-state index contributed by atoms with van der Waals surface area (Å²) in [5, 5.41) is 11.0. The van der Waals surface area contributed by atoms with Crippen molar-refractivity contribution in [3.8, 4) is 11.4 Å². The zero-order valence-electron chi connectivity index (χ0n) is 10.1. The van der Waals surface area contributed by atoms with Gasteiger partial charge in [-0.3, -0.25) is 3.97 Å². The highest BCUT2D eigenvalue weighted by molar-refractivity contribution is 7.78. The normalized spacial score (nSPS) is 11.1. The lowest BCUT2D eigenvalue weighted by Crippen LogP contribution is -2.02. The summed E-state index contributed by atoms with van der Waals surface area (Å²) >= 11 is 4.14. The van der Waals surface area contributed by atoms with Gasteiger partial charge in [0.05, 0.1) is 0 Å². The third-order valence-corrected chi connectivity index (χ3v) is 3.00. The van der Waals surface area contributed by atoms with Crippen molar-refractivity contribution in [2.45, 2.75) is 0 Å². The fraction of sp³-hybridized carbons (Fsp3) is 0.111. The number of nitrogens with two attached hydrogens (primary N) is 1. The largest absolute Gasteiger partial charge is 0.391 e. The number of rotatable bonds is 2. The molecule has 0 spiro atoms. The van der Waals surface area contributed by atoms with E-state index >= 15 is 0 Å². The predicted molar refractivity (Wildman–Crippen MR) is 73.0 cm³/mol. The second-order valence-corrected chi connectivity index (χ2v) is 4.41. The van der Waals surface area contributed by atoms with E-state index < -0.39 is 4.92 Å². The van der Waals surface area contributed by atoms with E-state index in [4.69, 9.17) is 5.73 Å². The lowest BCUT2D eigenvalue weighted by molar-refractivity contribution is -0.388. The highest BCUT2D eigenvalue weighted by Crippen LogP contribution is 2.31. The van der Waals surface area contributed by atoms with Gasteiger partial charge in [-0.25, -0.2) is 9.97 Å². The van der Waals surface area contributed by atoms with Crippen molar-refractivity contribution in [2.24, 2.45) is 7.05 Å². The van der Waals surface area contributed by atoms with Crippen LogP contribution in [0.2, 0.25) is 0 Å². The van der Waals surface area contributed by atoms with E-state index in [-0.39, 0.29) is 23.2 Å². The van der Waals surface area contributed by atoms with Gasteiger partial charge < -0.3 is 20.4 Å². The smallest absolute Gasteiger partial charge is 0.368 e. The summed E-state index contributed by atoms with van der Waals surface area (Å²) in [4.78, 5) is 26.4. The number of anilines is 1. The number of hydrogen-bond acceptors (Lipinski definition) is 8. The molecule has 102 valence electrons. The Kier molecular flexibility index (Phi) is 2.57. The second-order valence-electron chi connectivity index (χ2n) is 3.98. The summed E-state index contributed by atoms with van der Waals surface area (Å²) in [5.41, 5.74) is 6.82. The monoisotopic (exact) mass is 292 g/mol. The van der Waals surface area contributed by atoms with Crippen molar-refractivity contribution >= 4 is 35.7 Å².